The van der Waals surface area contributed by atoms with Gasteiger partial charge >= 0.3 is 11.7 Å². The van der Waals surface area contributed by atoms with Crippen LogP contribution in [-0.2, 0) is 14.3 Å². The number of carbonyl (C=O) groups excluding carboxylic acids is 4. The molecule has 2 bridgehead atoms. The average Bonchev–Trinajstić information content (AvgIpc) is 3.79. The number of imide groups is 1. The number of nitro groups is 1. The van der Waals surface area contributed by atoms with Gasteiger partial charge in [-0.3, -0.25) is 24.5 Å². The van der Waals surface area contributed by atoms with Crippen molar-refractivity contribution in [2.75, 3.05) is 11.5 Å². The van der Waals surface area contributed by atoms with Crippen molar-refractivity contribution >= 4 is 46.5 Å². The second-order valence-corrected chi connectivity index (χ2v) is 11.6. The van der Waals surface area contributed by atoms with E-state index in [0.717, 1.165) is 11.3 Å². The van der Waals surface area contributed by atoms with Crippen molar-refractivity contribution in [2.45, 2.75) is 6.42 Å². The molecule has 0 spiro atoms. The highest BCUT2D eigenvalue weighted by Gasteiger charge is 2.67. The fourth-order valence-electron chi connectivity index (χ4n) is 6.90. The largest absolute Gasteiger partial charge is 0.454 e. The third kappa shape index (κ3) is 4.40. The molecule has 216 valence electrons. The number of para-hydroxylation sites is 2. The molecular formula is C32H23ClN2O8. The highest BCUT2D eigenvalue weighted by Crippen LogP contribution is 2.65. The Labute approximate surface area is 250 Å². The molecule has 11 heteroatoms. The number of ketones is 1. The Balaban J connectivity index is 1.03. The summed E-state index contributed by atoms with van der Waals surface area (Å²) in [5, 5.41) is 11.4. The zero-order valence-corrected chi connectivity index (χ0v) is 23.2. The molecule has 5 aliphatic rings. The maximum Gasteiger partial charge on any atom is 0.340 e. The number of hydrogen-bond donors (Lipinski definition) is 0. The Hall–Kier alpha value is -4.83. The summed E-state index contributed by atoms with van der Waals surface area (Å²) in [6.07, 6.45) is 5.21. The van der Waals surface area contributed by atoms with Crippen molar-refractivity contribution in [1.82, 2.24) is 0 Å². The molecule has 6 atom stereocenters. The van der Waals surface area contributed by atoms with Gasteiger partial charge in [-0.15, -0.1) is 0 Å². The van der Waals surface area contributed by atoms with Crippen LogP contribution in [0.1, 0.15) is 27.1 Å². The summed E-state index contributed by atoms with van der Waals surface area (Å²) >= 11 is 6.07. The predicted octanol–water partition coefficient (Wildman–Crippen LogP) is 5.64. The van der Waals surface area contributed by atoms with E-state index in [1.807, 2.05) is 0 Å². The van der Waals surface area contributed by atoms with Crippen LogP contribution in [0.25, 0.3) is 0 Å². The number of nitrogens with zero attached hydrogens (tertiary/aromatic N) is 2. The monoisotopic (exact) mass is 598 g/mol. The summed E-state index contributed by atoms with van der Waals surface area (Å²) in [7, 11) is 0. The molecule has 2 amide bonds. The number of rotatable bonds is 8. The molecule has 10 nitrogen and oxygen atoms in total. The zero-order valence-electron chi connectivity index (χ0n) is 22.4. The molecule has 8 rings (SSSR count). The number of hydrogen-bond acceptors (Lipinski definition) is 8. The molecule has 0 N–H and O–H groups in total. The van der Waals surface area contributed by atoms with Gasteiger partial charge in [0.1, 0.15) is 5.75 Å². The number of nitro benzene ring substituents is 1. The molecule has 1 heterocycles. The van der Waals surface area contributed by atoms with Gasteiger partial charge in [0.05, 0.1) is 33.0 Å². The number of halogens is 1. The van der Waals surface area contributed by atoms with Crippen LogP contribution in [0.2, 0.25) is 5.02 Å². The topological polar surface area (TPSA) is 133 Å². The third-order valence-corrected chi connectivity index (χ3v) is 9.20. The number of anilines is 1. The molecule has 2 saturated carbocycles. The number of ether oxygens (including phenoxy) is 2. The molecule has 3 fully saturated rings. The van der Waals surface area contributed by atoms with Crippen molar-refractivity contribution in [3.63, 3.8) is 0 Å². The summed E-state index contributed by atoms with van der Waals surface area (Å²) in [6.45, 7) is -0.589. The molecule has 3 aromatic carbocycles. The summed E-state index contributed by atoms with van der Waals surface area (Å²) in [4.78, 5) is 64.9. The molecule has 1 saturated heterocycles. The van der Waals surface area contributed by atoms with Gasteiger partial charge in [-0.25, -0.2) is 9.69 Å². The van der Waals surface area contributed by atoms with Gasteiger partial charge in [-0.05, 0) is 72.6 Å². The van der Waals surface area contributed by atoms with Crippen molar-refractivity contribution in [3.05, 3.63) is 105 Å². The fraction of sp³-hybridized carbons (Fsp3) is 0.250. The summed E-state index contributed by atoms with van der Waals surface area (Å²) in [5.74, 6) is -1.66. The summed E-state index contributed by atoms with van der Waals surface area (Å²) < 4.78 is 10.9. The first kappa shape index (κ1) is 27.0. The first-order valence-electron chi connectivity index (χ1n) is 13.8. The SMILES string of the molecule is O=C(COC(=O)c1ccccc1N1C(=O)[C@@H]2[C@H]3C=C[C@@H]([C@@H]4C[C@H]34)[C@H]2C1=O)c1ccc(Oc2c(Cl)cccc2[N+](=O)[O-])cc1. The Kier molecular flexibility index (Phi) is 6.39. The van der Waals surface area contributed by atoms with Gasteiger partial charge in [0.2, 0.25) is 17.6 Å². The lowest BCUT2D eigenvalue weighted by Gasteiger charge is -2.37. The van der Waals surface area contributed by atoms with E-state index in [-0.39, 0.29) is 62.7 Å². The third-order valence-electron chi connectivity index (χ3n) is 8.90. The highest BCUT2D eigenvalue weighted by molar-refractivity contribution is 6.32. The highest BCUT2D eigenvalue weighted by atomic mass is 35.5. The van der Waals surface area contributed by atoms with E-state index in [0.29, 0.717) is 11.8 Å². The van der Waals surface area contributed by atoms with Crippen LogP contribution in [0.5, 0.6) is 11.5 Å². The predicted molar refractivity (Wildman–Crippen MR) is 153 cm³/mol. The molecule has 3 aromatic rings. The lowest BCUT2D eigenvalue weighted by Crippen LogP contribution is -2.40. The summed E-state index contributed by atoms with van der Waals surface area (Å²) in [6, 6.07) is 16.1. The Bertz CT molecular complexity index is 1720. The zero-order chi connectivity index (χ0) is 30.0. The quantitative estimate of drug-likeness (QED) is 0.0812. The van der Waals surface area contributed by atoms with Gasteiger partial charge in [0.15, 0.2) is 12.4 Å². The minimum Gasteiger partial charge on any atom is -0.454 e. The van der Waals surface area contributed by atoms with Crippen LogP contribution in [0.15, 0.2) is 78.9 Å². The van der Waals surface area contributed by atoms with E-state index in [9.17, 15) is 29.3 Å². The van der Waals surface area contributed by atoms with Crippen LogP contribution in [0.4, 0.5) is 11.4 Å². The molecular weight excluding hydrogens is 576 g/mol. The van der Waals surface area contributed by atoms with Crippen LogP contribution in [0.3, 0.4) is 0 Å². The number of Topliss-reactive ketones (excluding diaryl/α,β-unsaturated/α-hetero) is 1. The number of benzene rings is 3. The Morgan fingerprint density at radius 3 is 2.21 bits per heavy atom. The summed E-state index contributed by atoms with van der Waals surface area (Å²) in [5.41, 5.74) is 0.0768. The molecule has 0 radical (unpaired) electrons. The van der Waals surface area contributed by atoms with Crippen LogP contribution in [0, 0.1) is 45.6 Å². The van der Waals surface area contributed by atoms with Gasteiger partial charge in [-0.1, -0.05) is 42.0 Å². The maximum absolute atomic E-state index is 13.6. The van der Waals surface area contributed by atoms with Gasteiger partial charge in [0, 0.05) is 11.6 Å². The maximum atomic E-state index is 13.6. The van der Waals surface area contributed by atoms with Crippen molar-refractivity contribution in [1.29, 1.82) is 0 Å². The lowest BCUT2D eigenvalue weighted by molar-refractivity contribution is -0.385. The van der Waals surface area contributed by atoms with Crippen molar-refractivity contribution < 1.29 is 33.6 Å². The smallest absolute Gasteiger partial charge is 0.340 e. The van der Waals surface area contributed by atoms with E-state index in [4.69, 9.17) is 21.1 Å². The molecule has 1 aliphatic heterocycles. The van der Waals surface area contributed by atoms with Crippen molar-refractivity contribution in [2.24, 2.45) is 35.5 Å². The van der Waals surface area contributed by atoms with Crippen LogP contribution < -0.4 is 9.64 Å². The minimum absolute atomic E-state index is 0.0196. The first-order chi connectivity index (χ1) is 20.7. The Morgan fingerprint density at radius 1 is 0.907 bits per heavy atom. The number of allylic oxidation sites excluding steroid dienone is 2. The Morgan fingerprint density at radius 2 is 1.56 bits per heavy atom. The lowest BCUT2D eigenvalue weighted by atomic mass is 9.63. The van der Waals surface area contributed by atoms with E-state index in [1.54, 1.807) is 18.2 Å². The second-order valence-electron chi connectivity index (χ2n) is 11.2. The van der Waals surface area contributed by atoms with E-state index in [2.05, 4.69) is 12.2 Å². The van der Waals surface area contributed by atoms with E-state index >= 15 is 0 Å². The number of esters is 1. The van der Waals surface area contributed by atoms with E-state index in [1.165, 1.54) is 48.5 Å². The van der Waals surface area contributed by atoms with E-state index < -0.39 is 35.1 Å². The molecule has 0 aromatic heterocycles. The minimum atomic E-state index is -0.839. The average molecular weight is 599 g/mol. The first-order valence-corrected chi connectivity index (χ1v) is 14.2. The van der Waals surface area contributed by atoms with Gasteiger partial charge in [-0.2, -0.15) is 0 Å². The molecule has 0 unspecified atom stereocenters. The van der Waals surface area contributed by atoms with Crippen LogP contribution >= 0.6 is 11.6 Å². The van der Waals surface area contributed by atoms with Crippen molar-refractivity contribution in [3.8, 4) is 11.5 Å². The number of amides is 2. The molecule has 4 aliphatic carbocycles. The fourth-order valence-corrected chi connectivity index (χ4v) is 7.10. The van der Waals surface area contributed by atoms with Gasteiger partial charge < -0.3 is 9.47 Å². The second kappa shape index (κ2) is 10.2. The normalized spacial score (nSPS) is 26.1. The van der Waals surface area contributed by atoms with Gasteiger partial charge in [0.25, 0.3) is 0 Å². The standard InChI is InChI=1S/C32H23ClN2O8/c33-23-5-3-7-25(35(40)41)29(23)43-17-10-8-16(9-11-17)26(36)15-42-32(39)20-4-1-2-6-24(20)34-30(37)27-18-12-13-19(22-14-21(18)22)28(27)31(34)38/h1-13,18-19,21-22,27-28H,14-15H2/t18-,19-,21-,22+,27+,28+/m0/s1. The number of carbonyl (C=O) groups is 4. The van der Waals surface area contributed by atoms with Crippen LogP contribution in [-0.4, -0.2) is 35.1 Å². The molecule has 43 heavy (non-hydrogen) atoms.